The third kappa shape index (κ3) is 21.0. The number of aryl methyl sites for hydroxylation is 1. The lowest BCUT2D eigenvalue weighted by Crippen LogP contribution is -2.26. The highest BCUT2D eigenvalue weighted by Crippen LogP contribution is 2.62. The van der Waals surface area contributed by atoms with Crippen molar-refractivity contribution in [2.24, 2.45) is 0 Å². The van der Waals surface area contributed by atoms with Crippen LogP contribution in [0.1, 0.15) is 389 Å². The SMILES string of the molecule is C=C(C)C(=O)OC(CCCCCCCCCCC)Oc1ccc2c(c1)sc1cc(-c3ccc4c(c3)C(CCCCC)(CCCCC)c3cc(-c5cc6cc7sc(-c8ccc9c(c8)C(CCCCCCCC)(CCCCCCCC)c8cc%10cc%11c(cc%10cc8-9)C(CCCCCCCC)(CCCCCCCC)c8cc(-c9cc%10cc%12sc(C)cc%12cc%10s9)ccc8-%11)cc7cc6s5)ccc3-4)ccc12. The molecule has 5 heterocycles. The molecule has 0 aliphatic heterocycles. The van der Waals surface area contributed by atoms with Crippen LogP contribution in [0.3, 0.4) is 0 Å². The average molecular weight is 1900 g/mol. The molecule has 3 aliphatic carbocycles. The number of unbranched alkanes of at least 4 members (excludes halogenated alkanes) is 32. The van der Waals surface area contributed by atoms with Crippen molar-refractivity contribution in [2.45, 2.75) is 380 Å². The van der Waals surface area contributed by atoms with Gasteiger partial charge in [0.2, 0.25) is 6.29 Å². The molecule has 0 saturated heterocycles. The van der Waals surface area contributed by atoms with Gasteiger partial charge in [-0.1, -0.05) is 360 Å². The summed E-state index contributed by atoms with van der Waals surface area (Å²) in [7, 11) is 0. The molecule has 136 heavy (non-hydrogen) atoms. The fourth-order valence-electron chi connectivity index (χ4n) is 24.4. The molecule has 10 aromatic carbocycles. The second-order valence-corrected chi connectivity index (χ2v) is 47.4. The summed E-state index contributed by atoms with van der Waals surface area (Å²) in [5, 5.41) is 10.8. The predicted molar refractivity (Wildman–Crippen MR) is 601 cm³/mol. The largest absolute Gasteiger partial charge is 0.455 e. The second kappa shape index (κ2) is 45.4. The first kappa shape index (κ1) is 97.7. The topological polar surface area (TPSA) is 35.5 Å². The Morgan fingerprint density at radius 1 is 0.279 bits per heavy atom. The summed E-state index contributed by atoms with van der Waals surface area (Å²) in [6.45, 7) is 24.3. The Morgan fingerprint density at radius 2 is 0.581 bits per heavy atom. The summed E-state index contributed by atoms with van der Waals surface area (Å²) in [4.78, 5) is 18.5. The maximum atomic E-state index is 13.0. The second-order valence-electron chi connectivity index (χ2n) is 41.8. The molecular weight excluding hydrogens is 1750 g/mol. The number of rotatable bonds is 54. The van der Waals surface area contributed by atoms with Gasteiger partial charge in [-0.25, -0.2) is 4.79 Å². The van der Waals surface area contributed by atoms with E-state index in [0.29, 0.717) is 12.0 Å². The smallest absolute Gasteiger partial charge is 0.336 e. The highest BCUT2D eigenvalue weighted by molar-refractivity contribution is 7.26. The summed E-state index contributed by atoms with van der Waals surface area (Å²) in [5.74, 6) is 0.327. The van der Waals surface area contributed by atoms with Gasteiger partial charge in [-0.2, -0.15) is 0 Å². The van der Waals surface area contributed by atoms with E-state index in [1.807, 2.05) is 56.7 Å². The van der Waals surface area contributed by atoms with E-state index < -0.39 is 12.3 Å². The summed E-state index contributed by atoms with van der Waals surface area (Å²) < 4.78 is 20.5. The molecule has 8 heteroatoms. The van der Waals surface area contributed by atoms with Crippen LogP contribution in [0.4, 0.5) is 0 Å². The molecule has 0 N–H and O–H groups in total. The van der Waals surface area contributed by atoms with E-state index in [1.165, 1.54) is 426 Å². The van der Waals surface area contributed by atoms with E-state index >= 15 is 0 Å². The maximum absolute atomic E-state index is 13.0. The molecule has 3 nitrogen and oxygen atoms in total. The van der Waals surface area contributed by atoms with Crippen LogP contribution < -0.4 is 4.74 Å². The number of benzene rings is 10. The minimum Gasteiger partial charge on any atom is -0.455 e. The van der Waals surface area contributed by atoms with E-state index in [2.05, 4.69) is 244 Å². The van der Waals surface area contributed by atoms with Crippen LogP contribution in [-0.4, -0.2) is 12.3 Å². The molecule has 0 amide bonds. The molecule has 3 aliphatic rings. The van der Waals surface area contributed by atoms with Crippen molar-refractivity contribution in [3.05, 3.63) is 232 Å². The van der Waals surface area contributed by atoms with Crippen molar-refractivity contribution < 1.29 is 14.3 Å². The zero-order valence-electron chi connectivity index (χ0n) is 83.9. The molecule has 5 aromatic heterocycles. The lowest BCUT2D eigenvalue weighted by Gasteiger charge is -2.34. The molecule has 1 atom stereocenters. The van der Waals surface area contributed by atoms with Gasteiger partial charge < -0.3 is 9.47 Å². The summed E-state index contributed by atoms with van der Waals surface area (Å²) in [6, 6.07) is 75.4. The van der Waals surface area contributed by atoms with E-state index in [9.17, 15) is 4.79 Å². The lowest BCUT2D eigenvalue weighted by atomic mass is 9.69. The average Bonchev–Trinajstić information content (AvgIpc) is 1.54. The zero-order valence-corrected chi connectivity index (χ0v) is 88.0. The molecule has 18 rings (SSSR count). The summed E-state index contributed by atoms with van der Waals surface area (Å²) >= 11 is 9.75. The highest BCUT2D eigenvalue weighted by Gasteiger charge is 2.47. The van der Waals surface area contributed by atoms with E-state index in [0.717, 1.165) is 31.4 Å². The normalized spacial score (nSPS) is 14.0. The van der Waals surface area contributed by atoms with Gasteiger partial charge in [-0.15, -0.1) is 56.7 Å². The Bertz CT molecular complexity index is 6530. The number of esters is 1. The van der Waals surface area contributed by atoms with Crippen molar-refractivity contribution in [3.63, 3.8) is 0 Å². The van der Waals surface area contributed by atoms with Crippen molar-refractivity contribution in [2.75, 3.05) is 0 Å². The van der Waals surface area contributed by atoms with Crippen LogP contribution in [0.25, 0.3) is 147 Å². The standard InChI is InChI=1S/C128H152O3S5/c1-11-18-25-30-35-36-37-38-43-50-124(131-125(129)87(8)9)130-100-56-62-106-105-61-52-90(78-122(105)136-123(106)86-100)89-51-57-101-102-58-53-91(73-110(102)126(109(101)72-89,63-44-23-16-6)64-45-24-17-7)116-81-98-84-121-99(85-120(98)134-116)82-117(135-121)93-55-60-104-108-71-95-76-113-107(70-94(95)77-114(108)128(112(104)75-93,67-48-41-33-28-21-14-4)68-49-42-34-29-22-15-5)103-59-54-92(115-80-97-83-118-96(69-88(10)132-118)79-119(97)133-115)74-111(103)127(113,65-46-39-31-26-19-12-2)66-47-40-32-27-20-13-3/h51-62,69-86,124H,8,11-50,63-68H2,1-7,9-10H3. The van der Waals surface area contributed by atoms with E-state index in [4.69, 9.17) is 9.47 Å². The molecule has 0 saturated carbocycles. The first-order valence-electron chi connectivity index (χ1n) is 54.3. The van der Waals surface area contributed by atoms with E-state index in [1.54, 1.807) is 29.2 Å². The van der Waals surface area contributed by atoms with Gasteiger partial charge in [0.05, 0.1) is 0 Å². The number of thiophene rings is 5. The van der Waals surface area contributed by atoms with Crippen LogP contribution in [0.15, 0.2) is 194 Å². The minimum absolute atomic E-state index is 0.0517. The maximum Gasteiger partial charge on any atom is 0.336 e. The Morgan fingerprint density at radius 3 is 0.978 bits per heavy atom. The monoisotopic (exact) mass is 1900 g/mol. The third-order valence-corrected chi connectivity index (χ3v) is 37.4. The van der Waals surface area contributed by atoms with Gasteiger partial charge >= 0.3 is 5.97 Å². The Balaban J connectivity index is 0.664. The molecular formula is C128H152O3S5. The van der Waals surface area contributed by atoms with Gasteiger partial charge in [-0.05, 0) is 307 Å². The Kier molecular flexibility index (Phi) is 32.6. The number of carbonyl (C=O) groups excluding carboxylic acids is 1. The number of carbonyl (C=O) groups is 1. The molecule has 15 aromatic rings. The number of fused-ring (bicyclic) bond motifs is 17. The molecule has 0 radical (unpaired) electrons. The molecule has 712 valence electrons. The van der Waals surface area contributed by atoms with Crippen molar-refractivity contribution >= 4 is 134 Å². The van der Waals surface area contributed by atoms with Gasteiger partial charge in [0, 0.05) is 86.7 Å². The third-order valence-electron chi connectivity index (χ3n) is 31.9. The van der Waals surface area contributed by atoms with Crippen molar-refractivity contribution in [1.82, 2.24) is 0 Å². The number of hydrogen-bond donors (Lipinski definition) is 0. The first-order chi connectivity index (χ1) is 66.7. The highest BCUT2D eigenvalue weighted by atomic mass is 32.1. The predicted octanol–water partition coefficient (Wildman–Crippen LogP) is 42.8. The fraction of sp³-hybridized carbons (Fsp3) is 0.461. The van der Waals surface area contributed by atoms with E-state index in [-0.39, 0.29) is 16.2 Å². The van der Waals surface area contributed by atoms with Gasteiger partial charge in [-0.3, -0.25) is 0 Å². The van der Waals surface area contributed by atoms with Crippen molar-refractivity contribution in [1.29, 1.82) is 0 Å². The van der Waals surface area contributed by atoms with Crippen molar-refractivity contribution in [3.8, 4) is 81.6 Å². The Hall–Kier alpha value is -8.47. The zero-order chi connectivity index (χ0) is 93.7. The quantitative estimate of drug-likeness (QED) is 0.0165. The van der Waals surface area contributed by atoms with Gasteiger partial charge in [0.15, 0.2) is 0 Å². The van der Waals surface area contributed by atoms with Gasteiger partial charge in [0.1, 0.15) is 5.75 Å². The molecule has 0 bridgehead atoms. The minimum atomic E-state index is -0.666. The lowest BCUT2D eigenvalue weighted by molar-refractivity contribution is -0.159. The molecule has 0 fully saturated rings. The fourth-order valence-corrected chi connectivity index (χ4v) is 29.8. The summed E-state index contributed by atoms with van der Waals surface area (Å²) in [5.41, 5.74) is 25.1. The molecule has 1 unspecified atom stereocenters. The van der Waals surface area contributed by atoms with Crippen LogP contribution >= 0.6 is 56.7 Å². The molecule has 0 spiro atoms. The Labute approximate surface area is 835 Å². The van der Waals surface area contributed by atoms with Crippen LogP contribution in [-0.2, 0) is 25.8 Å². The number of hydrogen-bond acceptors (Lipinski definition) is 8. The van der Waals surface area contributed by atoms with Gasteiger partial charge in [0.25, 0.3) is 0 Å². The summed E-state index contributed by atoms with van der Waals surface area (Å²) in [6.07, 6.45) is 56.8. The van der Waals surface area contributed by atoms with Crippen LogP contribution in [0.2, 0.25) is 0 Å². The first-order valence-corrected chi connectivity index (χ1v) is 58.4. The van der Waals surface area contributed by atoms with Crippen LogP contribution in [0, 0.1) is 6.92 Å². The number of ether oxygens (including phenoxy) is 2. The van der Waals surface area contributed by atoms with Crippen LogP contribution in [0.5, 0.6) is 5.75 Å².